The minimum atomic E-state index is -0.0122. The maximum absolute atomic E-state index is 11.7. The molecule has 0 aliphatic heterocycles. The topological polar surface area (TPSA) is 34.1 Å². The van der Waals surface area contributed by atoms with Gasteiger partial charge in [0.2, 0.25) is 0 Å². The fraction of sp³-hybridized carbons (Fsp3) is 0.692. The van der Waals surface area contributed by atoms with Gasteiger partial charge in [-0.25, -0.2) is 0 Å². The van der Waals surface area contributed by atoms with E-state index >= 15 is 0 Å². The van der Waals surface area contributed by atoms with E-state index in [1.54, 1.807) is 13.0 Å². The summed E-state index contributed by atoms with van der Waals surface area (Å²) >= 11 is 0. The summed E-state index contributed by atoms with van der Waals surface area (Å²) in [6.45, 7) is 3.60. The van der Waals surface area contributed by atoms with Gasteiger partial charge in [-0.15, -0.1) is 0 Å². The zero-order valence-electron chi connectivity index (χ0n) is 9.51. The quantitative estimate of drug-likeness (QED) is 0.661. The van der Waals surface area contributed by atoms with E-state index in [1.165, 1.54) is 12.8 Å². The van der Waals surface area contributed by atoms with Crippen LogP contribution in [-0.2, 0) is 9.59 Å². The Kier molecular flexibility index (Phi) is 2.53. The molecule has 2 aliphatic rings. The van der Waals surface area contributed by atoms with Gasteiger partial charge in [-0.2, -0.15) is 0 Å². The van der Waals surface area contributed by atoms with Crippen molar-refractivity contribution in [3.8, 4) is 0 Å². The Morgan fingerprint density at radius 2 is 2.00 bits per heavy atom. The molecule has 1 atom stereocenters. The summed E-state index contributed by atoms with van der Waals surface area (Å²) in [4.78, 5) is 23.3. The maximum Gasteiger partial charge on any atom is 0.156 e. The van der Waals surface area contributed by atoms with Crippen LogP contribution >= 0.6 is 0 Å². The van der Waals surface area contributed by atoms with Crippen molar-refractivity contribution in [3.05, 3.63) is 11.6 Å². The summed E-state index contributed by atoms with van der Waals surface area (Å²) in [5, 5.41) is 0. The molecule has 0 aromatic rings. The Morgan fingerprint density at radius 3 is 2.53 bits per heavy atom. The normalized spacial score (nSPS) is 29.3. The second-order valence-electron chi connectivity index (χ2n) is 5.14. The van der Waals surface area contributed by atoms with Crippen LogP contribution in [0, 0.1) is 11.3 Å². The van der Waals surface area contributed by atoms with Gasteiger partial charge in [-0.05, 0) is 38.2 Å². The van der Waals surface area contributed by atoms with Crippen LogP contribution in [0.1, 0.15) is 46.0 Å². The van der Waals surface area contributed by atoms with Crippen molar-refractivity contribution in [2.24, 2.45) is 11.3 Å². The lowest BCUT2D eigenvalue weighted by atomic mass is 9.63. The van der Waals surface area contributed by atoms with Gasteiger partial charge >= 0.3 is 0 Å². The zero-order chi connectivity index (χ0) is 11.1. The van der Waals surface area contributed by atoms with E-state index in [0.717, 1.165) is 18.4 Å². The largest absolute Gasteiger partial charge is 0.299 e. The lowest BCUT2D eigenvalue weighted by Crippen LogP contribution is -2.38. The number of rotatable bonds is 1. The predicted octanol–water partition coefficient (Wildman–Crippen LogP) is 2.67. The number of carbonyl (C=O) groups excluding carboxylic acids is 2. The van der Waals surface area contributed by atoms with Crippen LogP contribution in [0.2, 0.25) is 0 Å². The van der Waals surface area contributed by atoms with E-state index in [9.17, 15) is 9.59 Å². The van der Waals surface area contributed by atoms with Crippen molar-refractivity contribution >= 4 is 11.6 Å². The minimum Gasteiger partial charge on any atom is -0.299 e. The van der Waals surface area contributed by atoms with E-state index in [4.69, 9.17) is 0 Å². The smallest absolute Gasteiger partial charge is 0.156 e. The number of allylic oxidation sites excluding steroid dienone is 2. The van der Waals surface area contributed by atoms with Crippen molar-refractivity contribution < 1.29 is 9.59 Å². The van der Waals surface area contributed by atoms with Crippen molar-refractivity contribution in [1.82, 2.24) is 0 Å². The van der Waals surface area contributed by atoms with Gasteiger partial charge in [0.05, 0.1) is 0 Å². The summed E-state index contributed by atoms with van der Waals surface area (Å²) in [5.41, 5.74) is 0.975. The first kappa shape index (κ1) is 10.6. The molecule has 0 saturated heterocycles. The number of hydrogen-bond donors (Lipinski definition) is 0. The highest BCUT2D eigenvalue weighted by Gasteiger charge is 2.47. The Hall–Kier alpha value is -0.920. The third-order valence-corrected chi connectivity index (χ3v) is 3.99. The molecule has 0 radical (unpaired) electrons. The molecule has 0 heterocycles. The molecule has 1 spiro atoms. The molecular weight excluding hydrogens is 188 g/mol. The van der Waals surface area contributed by atoms with Crippen LogP contribution < -0.4 is 0 Å². The fourth-order valence-corrected chi connectivity index (χ4v) is 3.62. The van der Waals surface area contributed by atoms with Crippen LogP contribution in [-0.4, -0.2) is 11.6 Å². The summed E-state index contributed by atoms with van der Waals surface area (Å²) in [6, 6.07) is 0. The molecule has 2 aliphatic carbocycles. The molecular formula is C13H18O2. The molecule has 0 bridgehead atoms. The first-order valence-corrected chi connectivity index (χ1v) is 5.77. The first-order chi connectivity index (χ1) is 7.05. The fourth-order valence-electron chi connectivity index (χ4n) is 3.62. The molecule has 2 nitrogen and oxygen atoms in total. The van der Waals surface area contributed by atoms with Gasteiger partial charge in [0.1, 0.15) is 5.78 Å². The standard InChI is InChI=1S/C13H18O2/c1-9-7-11(15)8-13(5-3-4-6-13)12(9)10(2)14/h7,12H,3-6,8H2,1-2H3. The number of Topliss-reactive ketones (excluding diaryl/α,β-unsaturated/α-hetero) is 1. The molecule has 82 valence electrons. The number of hydrogen-bond acceptors (Lipinski definition) is 2. The van der Waals surface area contributed by atoms with Gasteiger partial charge in [0.25, 0.3) is 0 Å². The van der Waals surface area contributed by atoms with E-state index in [-0.39, 0.29) is 22.9 Å². The van der Waals surface area contributed by atoms with E-state index in [1.807, 2.05) is 6.92 Å². The van der Waals surface area contributed by atoms with E-state index in [2.05, 4.69) is 0 Å². The first-order valence-electron chi connectivity index (χ1n) is 5.77. The molecule has 0 aromatic heterocycles. The monoisotopic (exact) mass is 206 g/mol. The molecule has 2 heteroatoms. The molecule has 1 unspecified atom stereocenters. The van der Waals surface area contributed by atoms with Gasteiger partial charge in [0.15, 0.2) is 5.78 Å². The van der Waals surface area contributed by atoms with Gasteiger partial charge < -0.3 is 0 Å². The summed E-state index contributed by atoms with van der Waals surface area (Å²) < 4.78 is 0. The van der Waals surface area contributed by atoms with E-state index < -0.39 is 0 Å². The molecule has 1 saturated carbocycles. The van der Waals surface area contributed by atoms with Crippen LogP contribution in [0.4, 0.5) is 0 Å². The van der Waals surface area contributed by atoms with Crippen molar-refractivity contribution in [2.75, 3.05) is 0 Å². The molecule has 0 N–H and O–H groups in total. The van der Waals surface area contributed by atoms with Gasteiger partial charge in [0, 0.05) is 12.3 Å². The molecule has 1 fully saturated rings. The number of carbonyl (C=O) groups is 2. The predicted molar refractivity (Wildman–Crippen MR) is 58.5 cm³/mol. The third kappa shape index (κ3) is 1.66. The van der Waals surface area contributed by atoms with Crippen molar-refractivity contribution in [1.29, 1.82) is 0 Å². The summed E-state index contributed by atoms with van der Waals surface area (Å²) in [5.74, 6) is 0.461. The van der Waals surface area contributed by atoms with Crippen LogP contribution in [0.3, 0.4) is 0 Å². The Morgan fingerprint density at radius 1 is 1.40 bits per heavy atom. The Balaban J connectivity index is 2.40. The third-order valence-electron chi connectivity index (χ3n) is 3.99. The summed E-state index contributed by atoms with van der Waals surface area (Å²) in [7, 11) is 0. The molecule has 2 rings (SSSR count). The highest BCUT2D eigenvalue weighted by atomic mass is 16.1. The highest BCUT2D eigenvalue weighted by Crippen LogP contribution is 2.52. The highest BCUT2D eigenvalue weighted by molar-refractivity contribution is 5.95. The Labute approximate surface area is 90.7 Å². The van der Waals surface area contributed by atoms with Gasteiger partial charge in [-0.3, -0.25) is 9.59 Å². The molecule has 15 heavy (non-hydrogen) atoms. The van der Waals surface area contributed by atoms with Crippen molar-refractivity contribution in [2.45, 2.75) is 46.0 Å². The number of ketones is 2. The van der Waals surface area contributed by atoms with Gasteiger partial charge in [-0.1, -0.05) is 18.4 Å². The lowest BCUT2D eigenvalue weighted by molar-refractivity contribution is -0.126. The maximum atomic E-state index is 11.7. The average molecular weight is 206 g/mol. The SMILES string of the molecule is CC(=O)C1C(C)=CC(=O)CC12CCCC2. The average Bonchev–Trinajstić information content (AvgIpc) is 2.50. The van der Waals surface area contributed by atoms with E-state index in [0.29, 0.717) is 6.42 Å². The molecule has 0 amide bonds. The second kappa shape index (κ2) is 3.58. The van der Waals surface area contributed by atoms with Crippen LogP contribution in [0.5, 0.6) is 0 Å². The minimum absolute atomic E-state index is 0.0118. The summed E-state index contributed by atoms with van der Waals surface area (Å²) in [6.07, 6.45) is 6.71. The van der Waals surface area contributed by atoms with Crippen LogP contribution in [0.15, 0.2) is 11.6 Å². The van der Waals surface area contributed by atoms with Crippen LogP contribution in [0.25, 0.3) is 0 Å². The van der Waals surface area contributed by atoms with Crippen molar-refractivity contribution in [3.63, 3.8) is 0 Å². The zero-order valence-corrected chi connectivity index (χ0v) is 9.51. The molecule has 0 aromatic carbocycles. The second-order valence-corrected chi connectivity index (χ2v) is 5.14. The lowest BCUT2D eigenvalue weighted by Gasteiger charge is -2.39. The Bertz CT molecular complexity index is 332.